The van der Waals surface area contributed by atoms with Gasteiger partial charge in [-0.25, -0.2) is 0 Å². The number of halogens is 1. The number of pyridine rings is 1. The van der Waals surface area contributed by atoms with Gasteiger partial charge in [0, 0.05) is 31.4 Å². The van der Waals surface area contributed by atoms with E-state index in [1.165, 1.54) is 6.07 Å². The fourth-order valence-corrected chi connectivity index (χ4v) is 2.30. The van der Waals surface area contributed by atoms with E-state index in [0.717, 1.165) is 5.56 Å². The van der Waals surface area contributed by atoms with Crippen LogP contribution in [0.5, 0.6) is 0 Å². The van der Waals surface area contributed by atoms with Crippen molar-refractivity contribution >= 4 is 10.2 Å². The summed E-state index contributed by atoms with van der Waals surface area (Å²) in [7, 11) is -4.48. The molecule has 1 aromatic heterocycles. The number of rotatable bonds is 7. The Labute approximate surface area is 119 Å². The van der Waals surface area contributed by atoms with Crippen molar-refractivity contribution in [2.45, 2.75) is 33.4 Å². The first kappa shape index (κ1) is 16.8. The lowest BCUT2D eigenvalue weighted by Gasteiger charge is -2.31. The van der Waals surface area contributed by atoms with Crippen LogP contribution in [-0.4, -0.2) is 36.6 Å². The van der Waals surface area contributed by atoms with Crippen molar-refractivity contribution in [3.05, 3.63) is 34.2 Å². The van der Waals surface area contributed by atoms with E-state index < -0.39 is 16.0 Å². The second-order valence-electron chi connectivity index (χ2n) is 5.26. The van der Waals surface area contributed by atoms with Gasteiger partial charge in [0.05, 0.1) is 5.75 Å². The smallest absolute Gasteiger partial charge is 0.303 e. The van der Waals surface area contributed by atoms with Crippen molar-refractivity contribution in [3.8, 4) is 0 Å². The first-order chi connectivity index (χ1) is 9.19. The summed E-state index contributed by atoms with van der Waals surface area (Å²) in [5.41, 5.74) is 0.664. The second kappa shape index (κ2) is 6.99. The molecule has 0 aliphatic carbocycles. The van der Waals surface area contributed by atoms with Crippen LogP contribution in [0.15, 0.2) is 23.1 Å². The summed E-state index contributed by atoms with van der Waals surface area (Å²) in [6, 6.07) is 3.20. The lowest BCUT2D eigenvalue weighted by atomic mass is 10.0. The van der Waals surface area contributed by atoms with Gasteiger partial charge in [0.25, 0.3) is 0 Å². The third kappa shape index (κ3) is 5.83. The molecule has 0 fully saturated rings. The minimum atomic E-state index is -4.48. The maximum absolute atomic E-state index is 12.7. The summed E-state index contributed by atoms with van der Waals surface area (Å²) in [6.07, 6.45) is 1.59. The van der Waals surface area contributed by atoms with Crippen molar-refractivity contribution in [2.24, 2.45) is 5.92 Å². The fourth-order valence-electron chi connectivity index (χ4n) is 1.85. The van der Waals surface area contributed by atoms with Gasteiger partial charge in [-0.1, -0.05) is 19.9 Å². The third-order valence-corrected chi connectivity index (χ3v) is 4.07. The Bertz CT molecular complexity index is 563. The van der Waals surface area contributed by atoms with E-state index in [9.17, 15) is 17.1 Å². The highest BCUT2D eigenvalue weighted by atomic mass is 32.3. The molecule has 0 spiro atoms. The lowest BCUT2D eigenvalue weighted by molar-refractivity contribution is 0.169. The maximum atomic E-state index is 12.7. The highest BCUT2D eigenvalue weighted by molar-refractivity contribution is 7.86. The van der Waals surface area contributed by atoms with Crippen LogP contribution in [0, 0.1) is 5.92 Å². The van der Waals surface area contributed by atoms with Gasteiger partial charge in [0.15, 0.2) is 0 Å². The van der Waals surface area contributed by atoms with E-state index in [0.29, 0.717) is 12.5 Å². The average Bonchev–Trinajstić information content (AvgIpc) is 2.34. The molecular formula is C13H21FN2O3S. The minimum absolute atomic E-state index is 0.101. The second-order valence-corrected chi connectivity index (χ2v) is 6.75. The molecule has 1 heterocycles. The van der Waals surface area contributed by atoms with Crippen LogP contribution in [-0.2, 0) is 16.8 Å². The topological polar surface area (TPSA) is 70.2 Å². The highest BCUT2D eigenvalue weighted by Gasteiger charge is 2.20. The number of nitrogens with zero attached hydrogens (tertiary/aromatic N) is 1. The van der Waals surface area contributed by atoms with E-state index in [-0.39, 0.29) is 18.1 Å². The van der Waals surface area contributed by atoms with Crippen LogP contribution in [0.2, 0.25) is 0 Å². The van der Waals surface area contributed by atoms with Crippen molar-refractivity contribution in [1.82, 2.24) is 9.88 Å². The molecule has 1 unspecified atom stereocenters. The molecule has 0 aliphatic heterocycles. The highest BCUT2D eigenvalue weighted by Crippen LogP contribution is 2.14. The molecule has 0 aromatic carbocycles. The molecule has 0 bridgehead atoms. The van der Waals surface area contributed by atoms with Crippen molar-refractivity contribution < 1.29 is 12.3 Å². The molecule has 0 aliphatic rings. The first-order valence-corrected chi connectivity index (χ1v) is 8.08. The van der Waals surface area contributed by atoms with E-state index in [1.54, 1.807) is 12.3 Å². The quantitative estimate of drug-likeness (QED) is 0.775. The Balaban J connectivity index is 2.81. The lowest BCUT2D eigenvalue weighted by Crippen LogP contribution is -2.39. The van der Waals surface area contributed by atoms with Gasteiger partial charge in [0.2, 0.25) is 5.56 Å². The molecule has 1 aromatic rings. The maximum Gasteiger partial charge on any atom is 0.303 e. The standard InChI is InChI=1S/C13H21FN2O3S/c1-10(2)11(3)16(6-7-20(14,18)19)9-12-4-5-13(17)15-8-12/h4-5,8,10-11H,6-7,9H2,1-3H3,(H,15,17). The van der Waals surface area contributed by atoms with Crippen LogP contribution in [0.1, 0.15) is 26.3 Å². The molecule has 1 N–H and O–H groups in total. The molecule has 0 amide bonds. The van der Waals surface area contributed by atoms with Crippen molar-refractivity contribution in [2.75, 3.05) is 12.3 Å². The predicted octanol–water partition coefficient (Wildman–Crippen LogP) is 1.52. The Morgan fingerprint density at radius 1 is 1.30 bits per heavy atom. The molecule has 114 valence electrons. The Hall–Kier alpha value is -1.21. The van der Waals surface area contributed by atoms with Crippen LogP contribution in [0.4, 0.5) is 3.89 Å². The van der Waals surface area contributed by atoms with Gasteiger partial charge in [-0.2, -0.15) is 8.42 Å². The Kier molecular flexibility index (Phi) is 5.88. The Morgan fingerprint density at radius 2 is 1.95 bits per heavy atom. The zero-order valence-corrected chi connectivity index (χ0v) is 12.8. The molecule has 0 radical (unpaired) electrons. The van der Waals surface area contributed by atoms with Crippen LogP contribution in [0.25, 0.3) is 0 Å². The average molecular weight is 304 g/mol. The number of aromatic nitrogens is 1. The normalized spacial score (nSPS) is 13.9. The summed E-state index contributed by atoms with van der Waals surface area (Å²) in [6.45, 7) is 6.60. The van der Waals surface area contributed by atoms with Crippen LogP contribution in [0.3, 0.4) is 0 Å². The van der Waals surface area contributed by atoms with Crippen molar-refractivity contribution in [1.29, 1.82) is 0 Å². The molecule has 0 saturated carbocycles. The zero-order valence-electron chi connectivity index (χ0n) is 12.0. The number of hydrogen-bond donors (Lipinski definition) is 1. The molecule has 0 saturated heterocycles. The molecule has 20 heavy (non-hydrogen) atoms. The van der Waals surface area contributed by atoms with Gasteiger partial charge >= 0.3 is 10.2 Å². The van der Waals surface area contributed by atoms with Gasteiger partial charge in [-0.15, -0.1) is 3.89 Å². The van der Waals surface area contributed by atoms with E-state index in [4.69, 9.17) is 0 Å². The largest absolute Gasteiger partial charge is 0.329 e. The molecule has 1 rings (SSSR count). The molecular weight excluding hydrogens is 283 g/mol. The minimum Gasteiger partial charge on any atom is -0.329 e. The van der Waals surface area contributed by atoms with E-state index >= 15 is 0 Å². The SMILES string of the molecule is CC(C)C(C)N(CCS(=O)(=O)F)Cc1ccc(=O)[nH]c1. The molecule has 7 heteroatoms. The van der Waals surface area contributed by atoms with E-state index in [1.807, 2.05) is 25.7 Å². The number of H-pyrrole nitrogens is 1. The molecule has 5 nitrogen and oxygen atoms in total. The van der Waals surface area contributed by atoms with Gasteiger partial charge in [-0.05, 0) is 18.4 Å². The summed E-state index contributed by atoms with van der Waals surface area (Å²) in [5, 5.41) is 0. The van der Waals surface area contributed by atoms with Gasteiger partial charge < -0.3 is 4.98 Å². The Morgan fingerprint density at radius 3 is 2.40 bits per heavy atom. The predicted molar refractivity (Wildman–Crippen MR) is 76.7 cm³/mol. The molecule has 1 atom stereocenters. The number of aromatic amines is 1. The number of hydrogen-bond acceptors (Lipinski definition) is 4. The summed E-state index contributed by atoms with van der Waals surface area (Å²) in [5.74, 6) is -0.215. The summed E-state index contributed by atoms with van der Waals surface area (Å²) in [4.78, 5) is 15.5. The first-order valence-electron chi connectivity index (χ1n) is 6.53. The van der Waals surface area contributed by atoms with Gasteiger partial charge in [0.1, 0.15) is 0 Å². The number of nitrogens with one attached hydrogen (secondary N) is 1. The van der Waals surface area contributed by atoms with Crippen LogP contribution >= 0.6 is 0 Å². The summed E-state index contributed by atoms with van der Waals surface area (Å²) < 4.78 is 34.1. The summed E-state index contributed by atoms with van der Waals surface area (Å²) >= 11 is 0. The van der Waals surface area contributed by atoms with Crippen LogP contribution < -0.4 is 5.56 Å². The van der Waals surface area contributed by atoms with E-state index in [2.05, 4.69) is 4.98 Å². The zero-order chi connectivity index (χ0) is 15.3. The monoisotopic (exact) mass is 304 g/mol. The fraction of sp³-hybridized carbons (Fsp3) is 0.615. The van der Waals surface area contributed by atoms with Crippen molar-refractivity contribution in [3.63, 3.8) is 0 Å². The third-order valence-electron chi connectivity index (χ3n) is 3.40. The van der Waals surface area contributed by atoms with Gasteiger partial charge in [-0.3, -0.25) is 9.69 Å².